The van der Waals surface area contributed by atoms with Crippen molar-refractivity contribution in [3.63, 3.8) is 0 Å². The molecule has 0 radical (unpaired) electrons. The Kier molecular flexibility index (Phi) is 4.90. The maximum Gasteiger partial charge on any atom is 0.303 e. The molecular formula is C17H19N3O4. The summed E-state index contributed by atoms with van der Waals surface area (Å²) in [4.78, 5) is 26.6. The van der Waals surface area contributed by atoms with Crippen LogP contribution in [0.3, 0.4) is 0 Å². The maximum absolute atomic E-state index is 11.6. The lowest BCUT2D eigenvalue weighted by Crippen LogP contribution is -2.38. The zero-order valence-electron chi connectivity index (χ0n) is 13.1. The Hall–Kier alpha value is -2.67. The van der Waals surface area contributed by atoms with Gasteiger partial charge in [0.15, 0.2) is 0 Å². The van der Waals surface area contributed by atoms with E-state index in [-0.39, 0.29) is 24.9 Å². The van der Waals surface area contributed by atoms with E-state index in [1.807, 2.05) is 41.1 Å². The van der Waals surface area contributed by atoms with Gasteiger partial charge in [0.2, 0.25) is 5.91 Å². The molecule has 2 aromatic rings. The van der Waals surface area contributed by atoms with Crippen LogP contribution in [-0.2, 0) is 27.5 Å². The van der Waals surface area contributed by atoms with E-state index in [2.05, 4.69) is 10.3 Å². The quantitative estimate of drug-likeness (QED) is 0.836. The highest BCUT2D eigenvalue weighted by atomic mass is 16.5. The highest BCUT2D eigenvalue weighted by molar-refractivity contribution is 5.80. The second-order valence-electron chi connectivity index (χ2n) is 5.69. The van der Waals surface area contributed by atoms with Crippen LogP contribution in [0.1, 0.15) is 18.7 Å². The van der Waals surface area contributed by atoms with Crippen LogP contribution < -0.4 is 5.32 Å². The number of carbonyl (C=O) groups is 2. The molecule has 7 heteroatoms. The van der Waals surface area contributed by atoms with Gasteiger partial charge in [-0.3, -0.25) is 9.59 Å². The minimum Gasteiger partial charge on any atom is -0.481 e. The molecule has 0 unspecified atom stereocenters. The predicted octanol–water partition coefficient (Wildman–Crippen LogP) is 1.43. The fraction of sp³-hybridized carbons (Fsp3) is 0.353. The Morgan fingerprint density at radius 3 is 2.83 bits per heavy atom. The van der Waals surface area contributed by atoms with E-state index >= 15 is 0 Å². The van der Waals surface area contributed by atoms with Crippen molar-refractivity contribution < 1.29 is 19.4 Å². The first-order chi connectivity index (χ1) is 11.6. The number of ether oxygens (including phenoxy) is 1. The predicted molar refractivity (Wildman–Crippen MR) is 86.1 cm³/mol. The normalized spacial score (nSPS) is 16.4. The van der Waals surface area contributed by atoms with Crippen LogP contribution in [0.5, 0.6) is 0 Å². The second-order valence-corrected chi connectivity index (χ2v) is 5.69. The number of nitrogens with zero attached hydrogens (tertiary/aromatic N) is 2. The average molecular weight is 329 g/mol. The fourth-order valence-electron chi connectivity index (χ4n) is 2.60. The number of benzene rings is 1. The van der Waals surface area contributed by atoms with Gasteiger partial charge in [-0.2, -0.15) is 0 Å². The van der Waals surface area contributed by atoms with Crippen molar-refractivity contribution in [1.82, 2.24) is 14.9 Å². The van der Waals surface area contributed by atoms with Crippen LogP contribution in [0.2, 0.25) is 0 Å². The highest BCUT2D eigenvalue weighted by Gasteiger charge is 2.21. The lowest BCUT2D eigenvalue weighted by atomic mass is 10.2. The van der Waals surface area contributed by atoms with Crippen molar-refractivity contribution in [1.29, 1.82) is 0 Å². The molecule has 0 spiro atoms. The Bertz CT molecular complexity index is 727. The Labute approximate surface area is 139 Å². The first-order valence-corrected chi connectivity index (χ1v) is 7.83. The summed E-state index contributed by atoms with van der Waals surface area (Å²) >= 11 is 0. The van der Waals surface area contributed by atoms with Crippen molar-refractivity contribution >= 4 is 11.9 Å². The molecule has 0 bridgehead atoms. The van der Waals surface area contributed by atoms with Crippen molar-refractivity contribution in [3.05, 3.63) is 42.4 Å². The molecule has 7 nitrogen and oxygen atoms in total. The van der Waals surface area contributed by atoms with Crippen LogP contribution in [0, 0.1) is 0 Å². The number of imidazole rings is 1. The van der Waals surface area contributed by atoms with Crippen LogP contribution in [0.25, 0.3) is 11.3 Å². The number of amides is 1. The molecule has 1 aromatic carbocycles. The first-order valence-electron chi connectivity index (χ1n) is 7.83. The third kappa shape index (κ3) is 3.99. The SMILES string of the molecule is O=C(O)CCC(=O)NC[C@H]1Cn2cc(-c3ccccc3)nc2CO1. The third-order valence-electron chi connectivity index (χ3n) is 3.87. The molecule has 0 aliphatic carbocycles. The van der Waals surface area contributed by atoms with E-state index in [4.69, 9.17) is 9.84 Å². The van der Waals surface area contributed by atoms with Gasteiger partial charge < -0.3 is 19.7 Å². The Morgan fingerprint density at radius 2 is 2.08 bits per heavy atom. The molecule has 0 saturated carbocycles. The van der Waals surface area contributed by atoms with Gasteiger partial charge in [0.1, 0.15) is 12.4 Å². The number of carboxylic acid groups (broad SMARTS) is 1. The number of nitrogens with one attached hydrogen (secondary N) is 1. The van der Waals surface area contributed by atoms with E-state index < -0.39 is 5.97 Å². The van der Waals surface area contributed by atoms with Crippen LogP contribution in [0.15, 0.2) is 36.5 Å². The monoisotopic (exact) mass is 329 g/mol. The van der Waals surface area contributed by atoms with E-state index in [0.717, 1.165) is 17.1 Å². The molecule has 2 heterocycles. The number of fused-ring (bicyclic) bond motifs is 1. The van der Waals surface area contributed by atoms with Crippen LogP contribution >= 0.6 is 0 Å². The molecule has 24 heavy (non-hydrogen) atoms. The van der Waals surface area contributed by atoms with Gasteiger partial charge in [0.25, 0.3) is 0 Å². The van der Waals surface area contributed by atoms with Gasteiger partial charge in [0.05, 0.1) is 24.8 Å². The number of carbonyl (C=O) groups excluding carboxylic acids is 1. The largest absolute Gasteiger partial charge is 0.481 e. The lowest BCUT2D eigenvalue weighted by Gasteiger charge is -2.24. The van der Waals surface area contributed by atoms with E-state index in [9.17, 15) is 9.59 Å². The lowest BCUT2D eigenvalue weighted by molar-refractivity contribution is -0.138. The summed E-state index contributed by atoms with van der Waals surface area (Å²) < 4.78 is 7.76. The number of hydrogen-bond donors (Lipinski definition) is 2. The summed E-state index contributed by atoms with van der Waals surface area (Å²) in [6.45, 7) is 1.35. The second kappa shape index (κ2) is 7.27. The zero-order valence-corrected chi connectivity index (χ0v) is 13.1. The number of hydrogen-bond acceptors (Lipinski definition) is 4. The van der Waals surface area contributed by atoms with Crippen molar-refractivity contribution in [3.8, 4) is 11.3 Å². The summed E-state index contributed by atoms with van der Waals surface area (Å²) in [5, 5.41) is 11.3. The van der Waals surface area contributed by atoms with E-state index in [0.29, 0.717) is 19.7 Å². The highest BCUT2D eigenvalue weighted by Crippen LogP contribution is 2.21. The molecule has 0 fully saturated rings. The number of aliphatic carboxylic acids is 1. The first kappa shape index (κ1) is 16.2. The zero-order chi connectivity index (χ0) is 16.9. The minimum atomic E-state index is -0.976. The van der Waals surface area contributed by atoms with Gasteiger partial charge in [-0.15, -0.1) is 0 Å². The molecule has 2 N–H and O–H groups in total. The van der Waals surface area contributed by atoms with Crippen molar-refractivity contribution in [2.24, 2.45) is 0 Å². The van der Waals surface area contributed by atoms with Crippen molar-refractivity contribution in [2.75, 3.05) is 6.54 Å². The maximum atomic E-state index is 11.6. The molecule has 1 atom stereocenters. The Morgan fingerprint density at radius 1 is 1.29 bits per heavy atom. The molecule has 0 saturated heterocycles. The van der Waals surface area contributed by atoms with Gasteiger partial charge in [-0.1, -0.05) is 30.3 Å². The van der Waals surface area contributed by atoms with Gasteiger partial charge in [-0.05, 0) is 0 Å². The minimum absolute atomic E-state index is 0.0173. The molecule has 1 aromatic heterocycles. The number of carboxylic acids is 1. The standard InChI is InChI=1S/C17H19N3O4/c21-16(6-7-17(22)23)18-8-13-9-20-10-14(19-15(20)11-24-13)12-4-2-1-3-5-12/h1-5,10,13H,6-9,11H2,(H,18,21)(H,22,23)/t13-/m0/s1. The van der Waals surface area contributed by atoms with Gasteiger partial charge in [-0.25, -0.2) is 4.98 Å². The number of aromatic nitrogens is 2. The molecule has 1 aliphatic rings. The average Bonchev–Trinajstić information content (AvgIpc) is 3.02. The fourth-order valence-corrected chi connectivity index (χ4v) is 2.60. The van der Waals surface area contributed by atoms with Crippen LogP contribution in [0.4, 0.5) is 0 Å². The summed E-state index contributed by atoms with van der Waals surface area (Å²) in [5.74, 6) is -0.389. The molecule has 3 rings (SSSR count). The smallest absolute Gasteiger partial charge is 0.303 e. The van der Waals surface area contributed by atoms with E-state index in [1.54, 1.807) is 0 Å². The topological polar surface area (TPSA) is 93.4 Å². The van der Waals surface area contributed by atoms with Gasteiger partial charge >= 0.3 is 5.97 Å². The summed E-state index contributed by atoms with van der Waals surface area (Å²) in [6, 6.07) is 9.93. The third-order valence-corrected chi connectivity index (χ3v) is 3.87. The van der Waals surface area contributed by atoms with E-state index in [1.165, 1.54) is 0 Å². The summed E-state index contributed by atoms with van der Waals surface area (Å²) in [6.07, 6.45) is 1.66. The molecular weight excluding hydrogens is 310 g/mol. The van der Waals surface area contributed by atoms with Crippen molar-refractivity contribution in [2.45, 2.75) is 32.1 Å². The number of rotatable bonds is 6. The molecule has 126 valence electrons. The van der Waals surface area contributed by atoms with Gasteiger partial charge in [0, 0.05) is 24.7 Å². The Balaban J connectivity index is 1.56. The summed E-state index contributed by atoms with van der Waals surface area (Å²) in [5.41, 5.74) is 1.96. The van der Waals surface area contributed by atoms with Crippen LogP contribution in [-0.4, -0.2) is 39.2 Å². The molecule has 1 aliphatic heterocycles. The molecule has 1 amide bonds. The summed E-state index contributed by atoms with van der Waals surface area (Å²) in [7, 11) is 0.